The van der Waals surface area contributed by atoms with E-state index in [1.807, 2.05) is 0 Å². The van der Waals surface area contributed by atoms with Crippen molar-refractivity contribution in [2.75, 3.05) is 7.05 Å². The molecule has 0 spiro atoms. The topological polar surface area (TPSA) is 43.7 Å². The first-order valence-corrected chi connectivity index (χ1v) is 11.1. The molecule has 0 aliphatic carbocycles. The molecule has 0 saturated carbocycles. The first-order valence-electron chi connectivity index (χ1n) is 10.7. The van der Waals surface area contributed by atoms with E-state index >= 15 is 0 Å². The van der Waals surface area contributed by atoms with Gasteiger partial charge in [0.1, 0.15) is 10.7 Å². The van der Waals surface area contributed by atoms with Crippen LogP contribution < -0.4 is 0 Å². The number of phenolic OH excluding ortho intramolecular Hbond substituents is 1. The molecule has 0 aliphatic rings. The Morgan fingerprint density at radius 2 is 1.29 bits per heavy atom. The Hall–Kier alpha value is -1.13. The third-order valence-corrected chi connectivity index (χ3v) is 5.72. The van der Waals surface area contributed by atoms with Gasteiger partial charge in [-0.05, 0) is 46.8 Å². The predicted molar refractivity (Wildman–Crippen MR) is 124 cm³/mol. The highest BCUT2D eigenvalue weighted by atomic mass is 32.1. The van der Waals surface area contributed by atoms with E-state index in [0.29, 0.717) is 10.7 Å². The Morgan fingerprint density at radius 3 is 1.71 bits per heavy atom. The molecular weight excluding hydrogens is 366 g/mol. The zero-order valence-corrected chi connectivity index (χ0v) is 19.9. The second kappa shape index (κ2) is 10.6. The van der Waals surface area contributed by atoms with Crippen molar-refractivity contribution in [2.45, 2.75) is 104 Å². The van der Waals surface area contributed by atoms with E-state index in [2.05, 4.69) is 53.7 Å². The van der Waals surface area contributed by atoms with Crippen molar-refractivity contribution < 1.29 is 10.3 Å². The fourth-order valence-electron chi connectivity index (χ4n) is 3.46. The van der Waals surface area contributed by atoms with E-state index in [4.69, 9.17) is 12.2 Å². The molecule has 1 aromatic carbocycles. The lowest BCUT2D eigenvalue weighted by molar-refractivity contribution is 0.0142. The third-order valence-electron chi connectivity index (χ3n) is 5.25. The lowest BCUT2D eigenvalue weighted by atomic mass is 9.78. The number of aryl methyl sites for hydroxylation is 1. The van der Waals surface area contributed by atoms with Crippen molar-refractivity contribution in [1.82, 2.24) is 5.06 Å². The van der Waals surface area contributed by atoms with Gasteiger partial charge in [0.25, 0.3) is 0 Å². The van der Waals surface area contributed by atoms with Crippen molar-refractivity contribution in [2.24, 2.45) is 0 Å². The molecule has 160 valence electrons. The Labute approximate surface area is 178 Å². The van der Waals surface area contributed by atoms with Crippen molar-refractivity contribution in [1.29, 1.82) is 0 Å². The van der Waals surface area contributed by atoms with Crippen LogP contribution in [-0.4, -0.2) is 27.4 Å². The average Bonchev–Trinajstić information content (AvgIpc) is 2.55. The van der Waals surface area contributed by atoms with Crippen molar-refractivity contribution in [3.05, 3.63) is 28.8 Å². The average molecular weight is 408 g/mol. The Balaban J connectivity index is 2.55. The zero-order chi connectivity index (χ0) is 21.5. The molecule has 0 atom stereocenters. The summed E-state index contributed by atoms with van der Waals surface area (Å²) in [4.78, 5) is 0.622. The van der Waals surface area contributed by atoms with E-state index in [9.17, 15) is 10.3 Å². The lowest BCUT2D eigenvalue weighted by Gasteiger charge is -2.28. The molecule has 3 nitrogen and oxygen atoms in total. The Morgan fingerprint density at radius 1 is 0.857 bits per heavy atom. The molecule has 0 bridgehead atoms. The van der Waals surface area contributed by atoms with Crippen LogP contribution in [-0.2, 0) is 17.3 Å². The number of thiocarbonyl (C=S) groups is 1. The SMILES string of the molecule is CN(O)C(=S)CCCCCCCCc1cc(C(C)(C)C)c(O)c(C(C)(C)C)c1. The van der Waals surface area contributed by atoms with Gasteiger partial charge >= 0.3 is 0 Å². The standard InChI is InChI=1S/C24H41NO2S/c1-23(2,3)19-16-18(17-20(22(19)26)24(4,5)6)14-12-10-8-9-11-13-15-21(28)25(7)27/h16-17,26-27H,8-15H2,1-7H3. The predicted octanol–water partition coefficient (Wildman–Crippen LogP) is 6.91. The highest BCUT2D eigenvalue weighted by Crippen LogP contribution is 2.40. The number of hydrogen-bond donors (Lipinski definition) is 2. The molecule has 0 aliphatic heterocycles. The molecule has 0 unspecified atom stereocenters. The normalized spacial score (nSPS) is 12.3. The molecular formula is C24H41NO2S. The first-order chi connectivity index (χ1) is 12.8. The van der Waals surface area contributed by atoms with Crippen molar-refractivity contribution in [3.8, 4) is 5.75 Å². The van der Waals surface area contributed by atoms with Crippen LogP contribution in [0.4, 0.5) is 0 Å². The maximum atomic E-state index is 10.8. The summed E-state index contributed by atoms with van der Waals surface area (Å²) in [5.74, 6) is 0.468. The minimum atomic E-state index is -0.0662. The number of phenols is 1. The van der Waals surface area contributed by atoms with E-state index in [1.165, 1.54) is 31.2 Å². The van der Waals surface area contributed by atoms with E-state index in [1.54, 1.807) is 7.05 Å². The smallest absolute Gasteiger partial charge is 0.123 e. The highest BCUT2D eigenvalue weighted by molar-refractivity contribution is 7.80. The summed E-state index contributed by atoms with van der Waals surface area (Å²) in [5.41, 5.74) is 3.32. The number of rotatable bonds is 9. The quantitative estimate of drug-likeness (QED) is 0.265. The second-order valence-corrected chi connectivity index (χ2v) is 10.5. The van der Waals surface area contributed by atoms with E-state index < -0.39 is 0 Å². The molecule has 0 amide bonds. The molecule has 0 aromatic heterocycles. The summed E-state index contributed by atoms with van der Waals surface area (Å²) in [6.45, 7) is 13.0. The lowest BCUT2D eigenvalue weighted by Crippen LogP contribution is -2.19. The number of nitrogens with zero attached hydrogens (tertiary/aromatic N) is 1. The minimum absolute atomic E-state index is 0.0662. The van der Waals surface area contributed by atoms with Crippen LogP contribution in [0.5, 0.6) is 5.75 Å². The van der Waals surface area contributed by atoms with Crippen LogP contribution in [0.25, 0.3) is 0 Å². The monoisotopic (exact) mass is 407 g/mol. The Kier molecular flexibility index (Phi) is 9.42. The molecule has 4 heteroatoms. The molecule has 1 rings (SSSR count). The van der Waals surface area contributed by atoms with E-state index in [0.717, 1.165) is 41.9 Å². The van der Waals surface area contributed by atoms with Gasteiger partial charge in [0, 0.05) is 13.5 Å². The number of hydroxylamine groups is 2. The van der Waals surface area contributed by atoms with Gasteiger partial charge in [-0.3, -0.25) is 10.3 Å². The highest BCUT2D eigenvalue weighted by Gasteiger charge is 2.26. The van der Waals surface area contributed by atoms with Crippen LogP contribution in [0.2, 0.25) is 0 Å². The molecule has 28 heavy (non-hydrogen) atoms. The van der Waals surface area contributed by atoms with Gasteiger partial charge in [-0.25, -0.2) is 0 Å². The fourth-order valence-corrected chi connectivity index (χ4v) is 3.60. The third kappa shape index (κ3) is 8.08. The number of benzene rings is 1. The van der Waals surface area contributed by atoms with Crippen LogP contribution in [0, 0.1) is 0 Å². The molecule has 0 fully saturated rings. The van der Waals surface area contributed by atoms with Gasteiger partial charge in [0.2, 0.25) is 0 Å². The van der Waals surface area contributed by atoms with Gasteiger partial charge in [-0.15, -0.1) is 0 Å². The largest absolute Gasteiger partial charge is 0.507 e. The zero-order valence-electron chi connectivity index (χ0n) is 19.1. The minimum Gasteiger partial charge on any atom is -0.507 e. The van der Waals surface area contributed by atoms with Crippen LogP contribution in [0.3, 0.4) is 0 Å². The number of aromatic hydroxyl groups is 1. The molecule has 0 radical (unpaired) electrons. The van der Waals surface area contributed by atoms with Gasteiger partial charge in [-0.2, -0.15) is 0 Å². The molecule has 0 saturated heterocycles. The maximum Gasteiger partial charge on any atom is 0.123 e. The fraction of sp³-hybridized carbons (Fsp3) is 0.708. The summed E-state index contributed by atoms with van der Waals surface area (Å²) in [6, 6.07) is 4.41. The molecule has 2 N–H and O–H groups in total. The summed E-state index contributed by atoms with van der Waals surface area (Å²) >= 11 is 5.09. The van der Waals surface area contributed by atoms with E-state index in [-0.39, 0.29) is 10.8 Å². The van der Waals surface area contributed by atoms with Crippen LogP contribution in [0.1, 0.15) is 103 Å². The van der Waals surface area contributed by atoms with Gasteiger partial charge in [0.15, 0.2) is 0 Å². The maximum absolute atomic E-state index is 10.8. The van der Waals surface area contributed by atoms with Gasteiger partial charge in [0.05, 0.1) is 0 Å². The van der Waals surface area contributed by atoms with Crippen LogP contribution in [0.15, 0.2) is 12.1 Å². The number of hydrogen-bond acceptors (Lipinski definition) is 3. The van der Waals surface area contributed by atoms with Gasteiger partial charge in [-0.1, -0.05) is 91.6 Å². The second-order valence-electron chi connectivity index (χ2n) is 10.1. The molecule has 0 heterocycles. The summed E-state index contributed by atoms with van der Waals surface area (Å²) in [6.07, 6.45) is 8.91. The summed E-state index contributed by atoms with van der Waals surface area (Å²) < 4.78 is 0. The number of unbranched alkanes of at least 4 members (excludes halogenated alkanes) is 5. The summed E-state index contributed by atoms with van der Waals surface area (Å²) in [5, 5.41) is 21.1. The van der Waals surface area contributed by atoms with Crippen LogP contribution >= 0.6 is 12.2 Å². The van der Waals surface area contributed by atoms with Crippen molar-refractivity contribution >= 4 is 17.2 Å². The first kappa shape index (κ1) is 24.9. The van der Waals surface area contributed by atoms with Crippen molar-refractivity contribution in [3.63, 3.8) is 0 Å². The van der Waals surface area contributed by atoms with Gasteiger partial charge < -0.3 is 5.11 Å². The summed E-state index contributed by atoms with van der Waals surface area (Å²) in [7, 11) is 1.59. The Bertz CT molecular complexity index is 604. The molecule has 1 aromatic rings.